The van der Waals surface area contributed by atoms with Crippen molar-refractivity contribution in [2.24, 2.45) is 0 Å². The van der Waals surface area contributed by atoms with Crippen LogP contribution in [-0.4, -0.2) is 32.4 Å². The minimum atomic E-state index is -0.427. The first-order valence-corrected chi connectivity index (χ1v) is 13.4. The van der Waals surface area contributed by atoms with Crippen LogP contribution in [0.15, 0.2) is 54.6 Å². The van der Waals surface area contributed by atoms with E-state index in [9.17, 15) is 5.26 Å². The van der Waals surface area contributed by atoms with Gasteiger partial charge in [0.05, 0.1) is 0 Å². The summed E-state index contributed by atoms with van der Waals surface area (Å²) in [6.45, 7) is 19.1. The van der Waals surface area contributed by atoms with Crippen LogP contribution in [0.25, 0.3) is 21.9 Å². The second-order valence-corrected chi connectivity index (χ2v) is 8.72. The Morgan fingerprint density at radius 1 is 0.917 bits per heavy atom. The normalized spacial score (nSPS) is 10.4. The lowest BCUT2D eigenvalue weighted by Gasteiger charge is -2.27. The van der Waals surface area contributed by atoms with Crippen molar-refractivity contribution in [1.29, 1.82) is 5.26 Å². The maximum atomic E-state index is 9.96. The lowest BCUT2D eigenvalue weighted by molar-refractivity contribution is 0.0628. The SMILES string of the molecule is CC.CC.CCCN(CC)c1ccc2cc(-c3cccc(OC(C)(C)CCOC)c3C#N)ccc2c1. The maximum absolute atomic E-state index is 9.96. The number of hydrogen-bond donors (Lipinski definition) is 0. The summed E-state index contributed by atoms with van der Waals surface area (Å²) in [4.78, 5) is 2.40. The molecule has 0 aliphatic carbocycles. The Hall–Kier alpha value is -3.03. The third-order valence-electron chi connectivity index (χ3n) is 5.81. The second kappa shape index (κ2) is 15.9. The molecule has 0 N–H and O–H groups in total. The van der Waals surface area contributed by atoms with Gasteiger partial charge in [0.25, 0.3) is 0 Å². The van der Waals surface area contributed by atoms with Crippen molar-refractivity contribution in [1.82, 2.24) is 0 Å². The molecule has 0 aromatic heterocycles. The highest BCUT2D eigenvalue weighted by Crippen LogP contribution is 2.34. The zero-order valence-electron chi connectivity index (χ0n) is 23.9. The van der Waals surface area contributed by atoms with Gasteiger partial charge in [0.1, 0.15) is 23.0 Å². The summed E-state index contributed by atoms with van der Waals surface area (Å²) >= 11 is 0. The van der Waals surface area contributed by atoms with Crippen LogP contribution < -0.4 is 9.64 Å². The number of ether oxygens (including phenoxy) is 2. The molecule has 0 aliphatic rings. The van der Waals surface area contributed by atoms with Gasteiger partial charge in [0.15, 0.2) is 0 Å². The molecule has 3 aromatic rings. The van der Waals surface area contributed by atoms with Gasteiger partial charge in [0, 0.05) is 44.5 Å². The largest absolute Gasteiger partial charge is 0.486 e. The summed E-state index contributed by atoms with van der Waals surface area (Å²) in [5.41, 5.74) is 3.29. The van der Waals surface area contributed by atoms with Crippen molar-refractivity contribution in [3.8, 4) is 22.9 Å². The van der Waals surface area contributed by atoms with Crippen molar-refractivity contribution >= 4 is 16.5 Å². The Morgan fingerprint density at radius 3 is 2.19 bits per heavy atom. The summed E-state index contributed by atoms with van der Waals surface area (Å²) in [5, 5.41) is 12.3. The van der Waals surface area contributed by atoms with Gasteiger partial charge in [-0.2, -0.15) is 5.26 Å². The fourth-order valence-electron chi connectivity index (χ4n) is 4.01. The molecule has 0 amide bonds. The third-order valence-corrected chi connectivity index (χ3v) is 5.81. The molecule has 0 spiro atoms. The van der Waals surface area contributed by atoms with Gasteiger partial charge in [0.2, 0.25) is 0 Å². The first kappa shape index (κ1) is 31.0. The molecule has 0 bridgehead atoms. The van der Waals surface area contributed by atoms with Gasteiger partial charge >= 0.3 is 0 Å². The van der Waals surface area contributed by atoms with Gasteiger partial charge < -0.3 is 14.4 Å². The van der Waals surface area contributed by atoms with E-state index in [0.717, 1.165) is 42.4 Å². The molecule has 0 fully saturated rings. The van der Waals surface area contributed by atoms with Crippen LogP contribution in [0.3, 0.4) is 0 Å². The molecule has 0 unspecified atom stereocenters. The van der Waals surface area contributed by atoms with Crippen LogP contribution in [0.5, 0.6) is 5.75 Å². The molecular formula is C32H46N2O2. The highest BCUT2D eigenvalue weighted by atomic mass is 16.5. The van der Waals surface area contributed by atoms with E-state index in [0.29, 0.717) is 17.9 Å². The molecule has 4 heteroatoms. The number of nitriles is 1. The van der Waals surface area contributed by atoms with E-state index in [2.05, 4.69) is 61.2 Å². The average Bonchev–Trinajstić information content (AvgIpc) is 2.92. The lowest BCUT2D eigenvalue weighted by Crippen LogP contribution is -2.30. The van der Waals surface area contributed by atoms with Gasteiger partial charge in [-0.1, -0.05) is 65.0 Å². The predicted molar refractivity (Wildman–Crippen MR) is 156 cm³/mol. The number of benzene rings is 3. The Bertz CT molecular complexity index is 1100. The van der Waals surface area contributed by atoms with Crippen molar-refractivity contribution < 1.29 is 9.47 Å². The van der Waals surface area contributed by atoms with E-state index >= 15 is 0 Å². The van der Waals surface area contributed by atoms with E-state index in [1.54, 1.807) is 7.11 Å². The molecule has 3 aromatic carbocycles. The molecular weight excluding hydrogens is 444 g/mol. The van der Waals surface area contributed by atoms with E-state index in [-0.39, 0.29) is 0 Å². The molecule has 36 heavy (non-hydrogen) atoms. The van der Waals surface area contributed by atoms with Crippen molar-refractivity contribution in [2.75, 3.05) is 31.7 Å². The molecule has 0 atom stereocenters. The third kappa shape index (κ3) is 8.28. The zero-order valence-corrected chi connectivity index (χ0v) is 23.9. The first-order chi connectivity index (χ1) is 17.4. The fraction of sp³-hybridized carbons (Fsp3) is 0.469. The lowest BCUT2D eigenvalue weighted by atomic mass is 9.96. The van der Waals surface area contributed by atoms with Crippen LogP contribution in [0.1, 0.15) is 73.8 Å². The van der Waals surface area contributed by atoms with Crippen molar-refractivity contribution in [2.45, 2.75) is 73.8 Å². The van der Waals surface area contributed by atoms with Crippen molar-refractivity contribution in [3.63, 3.8) is 0 Å². The minimum absolute atomic E-state index is 0.427. The Balaban J connectivity index is 0.00000154. The average molecular weight is 491 g/mol. The summed E-state index contributed by atoms with van der Waals surface area (Å²) in [6, 6.07) is 21.2. The molecule has 0 radical (unpaired) electrons. The molecule has 4 nitrogen and oxygen atoms in total. The number of hydrogen-bond acceptors (Lipinski definition) is 4. The molecule has 0 aliphatic heterocycles. The van der Waals surface area contributed by atoms with Crippen LogP contribution in [0.4, 0.5) is 5.69 Å². The number of methoxy groups -OCH3 is 1. The van der Waals surface area contributed by atoms with E-state index < -0.39 is 5.60 Å². The van der Waals surface area contributed by atoms with Gasteiger partial charge in [-0.15, -0.1) is 0 Å². The summed E-state index contributed by atoms with van der Waals surface area (Å²) < 4.78 is 11.4. The van der Waals surface area contributed by atoms with Crippen LogP contribution >= 0.6 is 0 Å². The van der Waals surface area contributed by atoms with Crippen LogP contribution in [-0.2, 0) is 4.74 Å². The Labute approximate surface area is 219 Å². The number of fused-ring (bicyclic) bond motifs is 1. The molecule has 3 rings (SSSR count). The number of rotatable bonds is 10. The highest BCUT2D eigenvalue weighted by Gasteiger charge is 2.22. The van der Waals surface area contributed by atoms with E-state index in [1.807, 2.05) is 59.7 Å². The molecule has 0 saturated carbocycles. The number of anilines is 1. The molecule has 0 saturated heterocycles. The summed E-state index contributed by atoms with van der Waals surface area (Å²) in [7, 11) is 1.68. The fourth-order valence-corrected chi connectivity index (χ4v) is 4.01. The molecule has 0 heterocycles. The highest BCUT2D eigenvalue weighted by molar-refractivity contribution is 5.91. The maximum Gasteiger partial charge on any atom is 0.138 e. The standard InChI is InChI=1S/C28H34N2O2.2C2H6/c1-6-16-30(7-2)24-14-13-21-18-23(12-11-22(21)19-24)25-9-8-10-27(26(25)20-29)32-28(3,4)15-17-31-5;2*1-2/h8-14,18-19H,6-7,15-17H2,1-5H3;2*1-2H3. The first-order valence-electron chi connectivity index (χ1n) is 13.4. The van der Waals surface area contributed by atoms with E-state index in [4.69, 9.17) is 9.47 Å². The van der Waals surface area contributed by atoms with Gasteiger partial charge in [-0.3, -0.25) is 0 Å². The predicted octanol–water partition coefficient (Wildman–Crippen LogP) is 8.86. The quantitative estimate of drug-likeness (QED) is 0.285. The van der Waals surface area contributed by atoms with Crippen LogP contribution in [0, 0.1) is 11.3 Å². The number of nitrogens with zero attached hydrogens (tertiary/aromatic N) is 2. The molecule has 196 valence electrons. The Kier molecular flexibility index (Phi) is 13.7. The summed E-state index contributed by atoms with van der Waals surface area (Å²) in [5.74, 6) is 0.611. The summed E-state index contributed by atoms with van der Waals surface area (Å²) in [6.07, 6.45) is 1.87. The van der Waals surface area contributed by atoms with Gasteiger partial charge in [-0.25, -0.2) is 0 Å². The smallest absolute Gasteiger partial charge is 0.138 e. The van der Waals surface area contributed by atoms with E-state index in [1.165, 1.54) is 11.1 Å². The van der Waals surface area contributed by atoms with Crippen LogP contribution in [0.2, 0.25) is 0 Å². The Morgan fingerprint density at radius 2 is 1.58 bits per heavy atom. The topological polar surface area (TPSA) is 45.5 Å². The van der Waals surface area contributed by atoms with Gasteiger partial charge in [-0.05, 0) is 67.8 Å². The van der Waals surface area contributed by atoms with Crippen molar-refractivity contribution in [3.05, 3.63) is 60.2 Å². The monoisotopic (exact) mass is 490 g/mol. The minimum Gasteiger partial charge on any atom is -0.486 e. The second-order valence-electron chi connectivity index (χ2n) is 8.72. The zero-order chi connectivity index (χ0) is 27.1.